The molecule has 80 valence electrons. The third kappa shape index (κ3) is 2.28. The average Bonchev–Trinajstić information content (AvgIpc) is 2.29. The fourth-order valence-electron chi connectivity index (χ4n) is 1.60. The van der Waals surface area contributed by atoms with Crippen LogP contribution in [0.4, 0.5) is 5.69 Å². The van der Waals surface area contributed by atoms with Crippen LogP contribution in [-0.2, 0) is 4.79 Å². The van der Waals surface area contributed by atoms with Crippen molar-refractivity contribution in [2.75, 3.05) is 5.32 Å². The number of amides is 1. The summed E-state index contributed by atoms with van der Waals surface area (Å²) in [6, 6.07) is 13.9. The van der Waals surface area contributed by atoms with Crippen LogP contribution in [0.15, 0.2) is 54.6 Å². The normalized spacial score (nSPS) is 10.8. The van der Waals surface area contributed by atoms with Crippen LogP contribution >= 0.6 is 0 Å². The van der Waals surface area contributed by atoms with Crippen LogP contribution in [0, 0.1) is 0 Å². The lowest BCUT2D eigenvalue weighted by Gasteiger charge is -2.03. The Morgan fingerprint density at radius 1 is 1.12 bits per heavy atom. The monoisotopic (exact) mass is 211 g/mol. The van der Waals surface area contributed by atoms with Crippen molar-refractivity contribution in [2.45, 2.75) is 6.92 Å². The zero-order valence-electron chi connectivity index (χ0n) is 9.10. The lowest BCUT2D eigenvalue weighted by Crippen LogP contribution is -2.07. The SMILES string of the molecule is CC=CC(=O)Nc1ccc2ccccc2c1. The van der Waals surface area contributed by atoms with E-state index >= 15 is 0 Å². The Morgan fingerprint density at radius 2 is 1.88 bits per heavy atom. The van der Waals surface area contributed by atoms with Gasteiger partial charge in [0.15, 0.2) is 0 Å². The van der Waals surface area contributed by atoms with E-state index in [2.05, 4.69) is 5.32 Å². The third-order valence-electron chi connectivity index (χ3n) is 2.34. The van der Waals surface area contributed by atoms with Crippen LogP contribution in [0.2, 0.25) is 0 Å². The Hall–Kier alpha value is -2.09. The molecule has 2 aromatic carbocycles. The number of carbonyl (C=O) groups is 1. The van der Waals surface area contributed by atoms with Gasteiger partial charge in [0.25, 0.3) is 0 Å². The minimum absolute atomic E-state index is 0.0993. The second-order valence-corrected chi connectivity index (χ2v) is 3.55. The van der Waals surface area contributed by atoms with E-state index in [1.165, 1.54) is 11.5 Å². The molecule has 0 heterocycles. The first-order valence-electron chi connectivity index (χ1n) is 5.22. The Morgan fingerprint density at radius 3 is 2.62 bits per heavy atom. The van der Waals surface area contributed by atoms with Gasteiger partial charge >= 0.3 is 0 Å². The van der Waals surface area contributed by atoms with Gasteiger partial charge in [-0.3, -0.25) is 4.79 Å². The number of rotatable bonds is 2. The lowest BCUT2D eigenvalue weighted by atomic mass is 10.1. The highest BCUT2D eigenvalue weighted by atomic mass is 16.1. The van der Waals surface area contributed by atoms with Crippen LogP contribution in [0.1, 0.15) is 6.92 Å². The van der Waals surface area contributed by atoms with Crippen LogP contribution < -0.4 is 5.32 Å². The summed E-state index contributed by atoms with van der Waals surface area (Å²) < 4.78 is 0. The predicted octanol–water partition coefficient (Wildman–Crippen LogP) is 3.35. The van der Waals surface area contributed by atoms with Crippen LogP contribution in [0.3, 0.4) is 0 Å². The van der Waals surface area contributed by atoms with Crippen LogP contribution in [-0.4, -0.2) is 5.91 Å². The van der Waals surface area contributed by atoms with E-state index in [-0.39, 0.29) is 5.91 Å². The summed E-state index contributed by atoms with van der Waals surface area (Å²) in [4.78, 5) is 11.4. The predicted molar refractivity (Wildman–Crippen MR) is 67.4 cm³/mol. The molecule has 2 rings (SSSR count). The van der Waals surface area contributed by atoms with E-state index in [0.717, 1.165) is 11.1 Å². The molecule has 0 aliphatic rings. The van der Waals surface area contributed by atoms with Gasteiger partial charge in [-0.05, 0) is 35.9 Å². The molecule has 0 unspecified atom stereocenters. The summed E-state index contributed by atoms with van der Waals surface area (Å²) >= 11 is 0. The molecule has 0 saturated heterocycles. The summed E-state index contributed by atoms with van der Waals surface area (Å²) in [5.41, 5.74) is 0.821. The summed E-state index contributed by atoms with van der Waals surface area (Å²) in [5, 5.41) is 5.11. The molecular weight excluding hydrogens is 198 g/mol. The molecule has 0 aliphatic carbocycles. The molecular formula is C14H13NO. The molecule has 0 bridgehead atoms. The first kappa shape index (κ1) is 10.4. The highest BCUT2D eigenvalue weighted by Crippen LogP contribution is 2.18. The molecule has 0 fully saturated rings. The molecule has 0 spiro atoms. The summed E-state index contributed by atoms with van der Waals surface area (Å²) in [7, 11) is 0. The molecule has 0 radical (unpaired) electrons. The molecule has 2 heteroatoms. The molecule has 0 atom stereocenters. The van der Waals surface area contributed by atoms with Gasteiger partial charge in [0, 0.05) is 5.69 Å². The number of fused-ring (bicyclic) bond motifs is 1. The maximum Gasteiger partial charge on any atom is 0.248 e. The molecule has 16 heavy (non-hydrogen) atoms. The van der Waals surface area contributed by atoms with E-state index < -0.39 is 0 Å². The van der Waals surface area contributed by atoms with Crippen molar-refractivity contribution in [3.05, 3.63) is 54.6 Å². The average molecular weight is 211 g/mol. The molecule has 2 nitrogen and oxygen atoms in total. The Bertz CT molecular complexity index is 543. The molecule has 2 aromatic rings. The van der Waals surface area contributed by atoms with Gasteiger partial charge in [0.05, 0.1) is 0 Å². The van der Waals surface area contributed by atoms with Crippen molar-refractivity contribution < 1.29 is 4.79 Å². The minimum Gasteiger partial charge on any atom is -0.323 e. The van der Waals surface area contributed by atoms with Crippen molar-refractivity contribution in [1.82, 2.24) is 0 Å². The molecule has 1 N–H and O–H groups in total. The zero-order chi connectivity index (χ0) is 11.4. The Kier molecular flexibility index (Phi) is 3.01. The summed E-state index contributed by atoms with van der Waals surface area (Å²) in [6.07, 6.45) is 3.23. The van der Waals surface area contributed by atoms with Crippen molar-refractivity contribution in [2.24, 2.45) is 0 Å². The second kappa shape index (κ2) is 4.62. The van der Waals surface area contributed by atoms with Crippen molar-refractivity contribution in [1.29, 1.82) is 0 Å². The van der Waals surface area contributed by atoms with Crippen molar-refractivity contribution in [3.8, 4) is 0 Å². The first-order chi connectivity index (χ1) is 7.79. The van der Waals surface area contributed by atoms with E-state index in [4.69, 9.17) is 0 Å². The minimum atomic E-state index is -0.0993. The van der Waals surface area contributed by atoms with E-state index in [1.54, 1.807) is 6.08 Å². The van der Waals surface area contributed by atoms with Gasteiger partial charge in [0.1, 0.15) is 0 Å². The lowest BCUT2D eigenvalue weighted by molar-refractivity contribution is -0.111. The van der Waals surface area contributed by atoms with E-state index in [1.807, 2.05) is 49.4 Å². The van der Waals surface area contributed by atoms with Crippen LogP contribution in [0.5, 0.6) is 0 Å². The molecule has 0 aromatic heterocycles. The molecule has 0 aliphatic heterocycles. The number of nitrogens with one attached hydrogen (secondary N) is 1. The standard InChI is InChI=1S/C14H13NO/c1-2-5-14(16)15-13-9-8-11-6-3-4-7-12(11)10-13/h2-10H,1H3,(H,15,16). The largest absolute Gasteiger partial charge is 0.323 e. The van der Waals surface area contributed by atoms with Gasteiger partial charge in [0.2, 0.25) is 5.91 Å². The Balaban J connectivity index is 2.29. The van der Waals surface area contributed by atoms with Gasteiger partial charge < -0.3 is 5.32 Å². The van der Waals surface area contributed by atoms with Crippen molar-refractivity contribution in [3.63, 3.8) is 0 Å². The maximum absolute atomic E-state index is 11.4. The van der Waals surface area contributed by atoms with Gasteiger partial charge in [-0.1, -0.05) is 36.4 Å². The quantitative estimate of drug-likeness (QED) is 0.758. The Labute approximate surface area is 94.6 Å². The second-order valence-electron chi connectivity index (χ2n) is 3.55. The maximum atomic E-state index is 11.4. The van der Waals surface area contributed by atoms with Crippen LogP contribution in [0.25, 0.3) is 10.8 Å². The summed E-state index contributed by atoms with van der Waals surface area (Å²) in [6.45, 7) is 1.82. The van der Waals surface area contributed by atoms with E-state index in [9.17, 15) is 4.79 Å². The summed E-state index contributed by atoms with van der Waals surface area (Å²) in [5.74, 6) is -0.0993. The van der Waals surface area contributed by atoms with E-state index in [0.29, 0.717) is 0 Å². The molecule has 1 amide bonds. The van der Waals surface area contributed by atoms with Crippen molar-refractivity contribution >= 4 is 22.4 Å². The van der Waals surface area contributed by atoms with Gasteiger partial charge in [-0.2, -0.15) is 0 Å². The topological polar surface area (TPSA) is 29.1 Å². The van der Waals surface area contributed by atoms with Gasteiger partial charge in [-0.15, -0.1) is 0 Å². The number of allylic oxidation sites excluding steroid dienone is 1. The zero-order valence-corrected chi connectivity index (χ0v) is 9.10. The molecule has 0 saturated carbocycles. The number of anilines is 1. The fourth-order valence-corrected chi connectivity index (χ4v) is 1.60. The smallest absolute Gasteiger partial charge is 0.248 e. The fraction of sp³-hybridized carbons (Fsp3) is 0.0714. The first-order valence-corrected chi connectivity index (χ1v) is 5.22. The highest BCUT2D eigenvalue weighted by Gasteiger charge is 1.98. The number of hydrogen-bond acceptors (Lipinski definition) is 1. The number of carbonyl (C=O) groups excluding carboxylic acids is 1. The number of hydrogen-bond donors (Lipinski definition) is 1. The highest BCUT2D eigenvalue weighted by molar-refractivity contribution is 6.00. The third-order valence-corrected chi connectivity index (χ3v) is 2.34. The van der Waals surface area contributed by atoms with Gasteiger partial charge in [-0.25, -0.2) is 0 Å². The number of benzene rings is 2.